The van der Waals surface area contributed by atoms with Crippen LogP contribution in [0, 0.1) is 5.82 Å². The maximum atomic E-state index is 13.9. The van der Waals surface area contributed by atoms with E-state index < -0.39 is 0 Å². The van der Waals surface area contributed by atoms with Crippen LogP contribution in [0.15, 0.2) is 18.2 Å². The molecule has 20 heavy (non-hydrogen) atoms. The van der Waals surface area contributed by atoms with Crippen LogP contribution in [0.1, 0.15) is 45.2 Å². The van der Waals surface area contributed by atoms with E-state index >= 15 is 0 Å². The molecule has 4 heteroatoms. The number of halogens is 1. The minimum absolute atomic E-state index is 0.140. The van der Waals surface area contributed by atoms with E-state index in [9.17, 15) is 4.39 Å². The summed E-state index contributed by atoms with van der Waals surface area (Å²) >= 11 is 0. The van der Waals surface area contributed by atoms with Crippen LogP contribution in [0.3, 0.4) is 0 Å². The zero-order valence-corrected chi connectivity index (χ0v) is 12.7. The molecule has 0 saturated heterocycles. The van der Waals surface area contributed by atoms with Crippen LogP contribution in [0.4, 0.5) is 4.39 Å². The zero-order valence-electron chi connectivity index (χ0n) is 12.7. The molecule has 0 aromatic heterocycles. The molecule has 0 heterocycles. The number of unbranched alkanes of at least 4 members (excludes halogenated alkanes) is 1. The summed E-state index contributed by atoms with van der Waals surface area (Å²) in [6.07, 6.45) is 2.16. The third-order valence-corrected chi connectivity index (χ3v) is 3.09. The third kappa shape index (κ3) is 5.88. The van der Waals surface area contributed by atoms with E-state index in [0.717, 1.165) is 31.6 Å². The summed E-state index contributed by atoms with van der Waals surface area (Å²) in [5.74, 6) is -0.0302. The topological polar surface area (TPSA) is 30.5 Å². The molecule has 3 nitrogen and oxygen atoms in total. The largest absolute Gasteiger partial charge is 0.488 e. The molecule has 0 aliphatic heterocycles. The Morgan fingerprint density at radius 1 is 1.20 bits per heavy atom. The van der Waals surface area contributed by atoms with Crippen LogP contribution in [0.5, 0.6) is 5.75 Å². The smallest absolute Gasteiger partial charge is 0.165 e. The van der Waals surface area contributed by atoms with Gasteiger partial charge in [0.15, 0.2) is 11.6 Å². The Labute approximate surface area is 121 Å². The Kier molecular flexibility index (Phi) is 8.23. The summed E-state index contributed by atoms with van der Waals surface area (Å²) in [5.41, 5.74) is 0.927. The Hall–Kier alpha value is -1.13. The van der Waals surface area contributed by atoms with E-state index in [1.54, 1.807) is 6.07 Å². The van der Waals surface area contributed by atoms with E-state index in [0.29, 0.717) is 13.2 Å². The van der Waals surface area contributed by atoms with Crippen molar-refractivity contribution in [1.29, 1.82) is 0 Å². The Morgan fingerprint density at radius 3 is 2.65 bits per heavy atom. The number of hydrogen-bond donors (Lipinski definition) is 1. The minimum atomic E-state index is -0.319. The lowest BCUT2D eigenvalue weighted by Gasteiger charge is -2.14. The van der Waals surface area contributed by atoms with Gasteiger partial charge >= 0.3 is 0 Å². The second-order valence-electron chi connectivity index (χ2n) is 4.78. The predicted octanol–water partition coefficient (Wildman–Crippen LogP) is 3.69. The van der Waals surface area contributed by atoms with Crippen LogP contribution < -0.4 is 10.1 Å². The molecule has 0 aliphatic rings. The molecular weight excluding hydrogens is 257 g/mol. The van der Waals surface area contributed by atoms with Crippen LogP contribution in [0.25, 0.3) is 0 Å². The van der Waals surface area contributed by atoms with Crippen molar-refractivity contribution in [3.05, 3.63) is 29.6 Å². The lowest BCUT2D eigenvalue weighted by Crippen LogP contribution is -2.17. The Bertz CT molecular complexity index is 385. The number of rotatable bonds is 10. The average molecular weight is 283 g/mol. The summed E-state index contributed by atoms with van der Waals surface area (Å²) in [4.78, 5) is 0. The molecular formula is C16H26FNO2. The number of benzene rings is 1. The van der Waals surface area contributed by atoms with Crippen LogP contribution >= 0.6 is 0 Å². The van der Waals surface area contributed by atoms with Gasteiger partial charge in [0.25, 0.3) is 0 Å². The molecule has 1 aromatic rings. The molecule has 0 spiro atoms. The first kappa shape index (κ1) is 16.9. The maximum Gasteiger partial charge on any atom is 0.165 e. The first-order valence-electron chi connectivity index (χ1n) is 7.42. The molecule has 1 unspecified atom stereocenters. The van der Waals surface area contributed by atoms with Crippen LogP contribution in [-0.4, -0.2) is 26.4 Å². The van der Waals surface area contributed by atoms with Crippen molar-refractivity contribution in [2.45, 2.75) is 39.7 Å². The van der Waals surface area contributed by atoms with Gasteiger partial charge in [-0.05, 0) is 37.6 Å². The van der Waals surface area contributed by atoms with E-state index in [1.165, 1.54) is 6.07 Å². The van der Waals surface area contributed by atoms with Gasteiger partial charge in [-0.3, -0.25) is 0 Å². The maximum absolute atomic E-state index is 13.9. The van der Waals surface area contributed by atoms with E-state index in [-0.39, 0.29) is 17.6 Å². The lowest BCUT2D eigenvalue weighted by molar-refractivity contribution is 0.0966. The molecule has 0 aliphatic carbocycles. The molecule has 114 valence electrons. The van der Waals surface area contributed by atoms with Gasteiger partial charge in [-0.2, -0.15) is 0 Å². The zero-order chi connectivity index (χ0) is 14.8. The van der Waals surface area contributed by atoms with Gasteiger partial charge in [-0.15, -0.1) is 0 Å². The lowest BCUT2D eigenvalue weighted by atomic mass is 10.1. The SMILES string of the molecule is CCCCOCCOc1ccc(C(C)NCC)cc1F. The third-order valence-electron chi connectivity index (χ3n) is 3.09. The number of hydrogen-bond acceptors (Lipinski definition) is 3. The van der Waals surface area contributed by atoms with Crippen molar-refractivity contribution in [2.75, 3.05) is 26.4 Å². The molecule has 0 fully saturated rings. The van der Waals surface area contributed by atoms with Crippen molar-refractivity contribution in [3.63, 3.8) is 0 Å². The average Bonchev–Trinajstić information content (AvgIpc) is 2.44. The fourth-order valence-electron chi connectivity index (χ4n) is 1.89. The number of ether oxygens (including phenoxy) is 2. The monoisotopic (exact) mass is 283 g/mol. The molecule has 0 radical (unpaired) electrons. The van der Waals surface area contributed by atoms with E-state index in [1.807, 2.05) is 19.9 Å². The van der Waals surface area contributed by atoms with Gasteiger partial charge in [0, 0.05) is 12.6 Å². The second kappa shape index (κ2) is 9.72. The fourth-order valence-corrected chi connectivity index (χ4v) is 1.89. The van der Waals surface area contributed by atoms with Crippen LogP contribution in [-0.2, 0) is 4.74 Å². The number of nitrogens with one attached hydrogen (secondary N) is 1. The second-order valence-corrected chi connectivity index (χ2v) is 4.78. The molecule has 1 atom stereocenters. The molecule has 0 amide bonds. The summed E-state index contributed by atoms with van der Waals surface area (Å²) < 4.78 is 24.7. The Morgan fingerprint density at radius 2 is 2.00 bits per heavy atom. The highest BCUT2D eigenvalue weighted by Gasteiger charge is 2.09. The highest BCUT2D eigenvalue weighted by atomic mass is 19.1. The highest BCUT2D eigenvalue weighted by molar-refractivity contribution is 5.30. The van der Waals surface area contributed by atoms with Crippen molar-refractivity contribution in [3.8, 4) is 5.75 Å². The van der Waals surface area contributed by atoms with Crippen LogP contribution in [0.2, 0.25) is 0 Å². The molecule has 1 rings (SSSR count). The molecule has 0 saturated carbocycles. The van der Waals surface area contributed by atoms with Gasteiger partial charge in [0.1, 0.15) is 6.61 Å². The fraction of sp³-hybridized carbons (Fsp3) is 0.625. The normalized spacial score (nSPS) is 12.4. The Balaban J connectivity index is 2.39. The minimum Gasteiger partial charge on any atom is -0.488 e. The quantitative estimate of drug-likeness (QED) is 0.664. The molecule has 1 N–H and O–H groups in total. The predicted molar refractivity (Wildman–Crippen MR) is 79.7 cm³/mol. The first-order chi connectivity index (χ1) is 9.69. The van der Waals surface area contributed by atoms with Gasteiger partial charge in [0.2, 0.25) is 0 Å². The van der Waals surface area contributed by atoms with Gasteiger partial charge in [0.05, 0.1) is 6.61 Å². The summed E-state index contributed by atoms with van der Waals surface area (Å²) in [5, 5.41) is 3.25. The molecule has 0 bridgehead atoms. The molecule has 1 aromatic carbocycles. The summed E-state index contributed by atoms with van der Waals surface area (Å²) in [6.45, 7) is 8.63. The highest BCUT2D eigenvalue weighted by Crippen LogP contribution is 2.22. The summed E-state index contributed by atoms with van der Waals surface area (Å²) in [6, 6.07) is 5.25. The van der Waals surface area contributed by atoms with E-state index in [4.69, 9.17) is 9.47 Å². The van der Waals surface area contributed by atoms with E-state index in [2.05, 4.69) is 12.2 Å². The van der Waals surface area contributed by atoms with Crippen molar-refractivity contribution in [1.82, 2.24) is 5.32 Å². The van der Waals surface area contributed by atoms with Crippen molar-refractivity contribution in [2.24, 2.45) is 0 Å². The van der Waals surface area contributed by atoms with Crippen molar-refractivity contribution < 1.29 is 13.9 Å². The first-order valence-corrected chi connectivity index (χ1v) is 7.42. The van der Waals surface area contributed by atoms with Gasteiger partial charge in [-0.25, -0.2) is 4.39 Å². The van der Waals surface area contributed by atoms with Gasteiger partial charge < -0.3 is 14.8 Å². The summed E-state index contributed by atoms with van der Waals surface area (Å²) in [7, 11) is 0. The van der Waals surface area contributed by atoms with Gasteiger partial charge in [-0.1, -0.05) is 26.3 Å². The van der Waals surface area contributed by atoms with Crippen molar-refractivity contribution >= 4 is 0 Å². The standard InChI is InChI=1S/C16H26FNO2/c1-4-6-9-19-10-11-20-16-8-7-14(12-15(16)17)13(3)18-5-2/h7-8,12-13,18H,4-6,9-11H2,1-3H3.